The van der Waals surface area contributed by atoms with Crippen LogP contribution in [0.3, 0.4) is 0 Å². The molecule has 1 heterocycles. The van der Waals surface area contributed by atoms with Gasteiger partial charge in [-0.3, -0.25) is 0 Å². The molecule has 4 rings (SSSR count). The molecule has 1 aliphatic rings. The SMILES string of the molecule is CCN(C[C@H]1CC[C@H](NCc2ccc(Oc3ccc(Cl)cc3)cc2)C1)C(=O)n1ccc(C(=O)O)n1. The Balaban J connectivity index is 1.23. The maximum atomic E-state index is 12.8. The number of hydrogen-bond donors (Lipinski definition) is 2. The number of nitrogens with one attached hydrogen (secondary N) is 1. The Hall–Kier alpha value is -3.36. The fourth-order valence-corrected chi connectivity index (χ4v) is 4.47. The van der Waals surface area contributed by atoms with E-state index in [1.54, 1.807) is 17.0 Å². The third-order valence-corrected chi connectivity index (χ3v) is 6.50. The van der Waals surface area contributed by atoms with Crippen LogP contribution in [0.5, 0.6) is 11.5 Å². The smallest absolute Gasteiger partial charge is 0.356 e. The standard InChI is InChI=1S/C26H29ClN4O4/c1-2-30(26(34)31-14-13-24(29-31)25(32)33)17-19-3-8-21(15-19)28-16-18-4-9-22(10-5-18)35-23-11-6-20(27)7-12-23/h4-7,9-14,19,21,28H,2-3,8,15-17H2,1H3,(H,32,33)/t19-,21-/m0/s1. The summed E-state index contributed by atoms with van der Waals surface area (Å²) in [7, 11) is 0. The van der Waals surface area contributed by atoms with Crippen LogP contribution in [0.4, 0.5) is 4.79 Å². The second-order valence-electron chi connectivity index (χ2n) is 8.73. The first-order valence-corrected chi connectivity index (χ1v) is 12.1. The summed E-state index contributed by atoms with van der Waals surface area (Å²) in [6, 6.07) is 16.7. The highest BCUT2D eigenvalue weighted by atomic mass is 35.5. The lowest BCUT2D eigenvalue weighted by Gasteiger charge is -2.24. The number of rotatable bonds is 9. The van der Waals surface area contributed by atoms with Crippen LogP contribution in [0.25, 0.3) is 0 Å². The summed E-state index contributed by atoms with van der Waals surface area (Å²) < 4.78 is 6.95. The van der Waals surface area contributed by atoms with Crippen LogP contribution in [0.2, 0.25) is 5.02 Å². The highest BCUT2D eigenvalue weighted by Crippen LogP contribution is 2.27. The number of aromatic nitrogens is 2. The van der Waals surface area contributed by atoms with E-state index in [1.807, 2.05) is 31.2 Å². The van der Waals surface area contributed by atoms with Crippen molar-refractivity contribution in [2.24, 2.45) is 5.92 Å². The van der Waals surface area contributed by atoms with Crippen molar-refractivity contribution in [2.45, 2.75) is 38.8 Å². The normalized spacial score (nSPS) is 17.3. The number of carboxylic acid groups (broad SMARTS) is 1. The summed E-state index contributed by atoms with van der Waals surface area (Å²) in [5.74, 6) is 0.759. The second kappa shape index (κ2) is 11.4. The minimum absolute atomic E-state index is 0.135. The van der Waals surface area contributed by atoms with Crippen molar-refractivity contribution in [3.05, 3.63) is 77.1 Å². The Morgan fingerprint density at radius 2 is 1.80 bits per heavy atom. The molecule has 1 aromatic heterocycles. The molecule has 3 aromatic rings. The van der Waals surface area contributed by atoms with Crippen LogP contribution in [0.1, 0.15) is 42.2 Å². The molecular weight excluding hydrogens is 468 g/mol. The van der Waals surface area contributed by atoms with Crippen molar-refractivity contribution in [1.29, 1.82) is 0 Å². The van der Waals surface area contributed by atoms with E-state index in [1.165, 1.54) is 17.8 Å². The first-order valence-electron chi connectivity index (χ1n) is 11.7. The molecule has 35 heavy (non-hydrogen) atoms. The zero-order valence-corrected chi connectivity index (χ0v) is 20.3. The van der Waals surface area contributed by atoms with E-state index < -0.39 is 5.97 Å². The summed E-state index contributed by atoms with van der Waals surface area (Å²) in [4.78, 5) is 25.5. The number of ether oxygens (including phenoxy) is 1. The fourth-order valence-electron chi connectivity index (χ4n) is 4.35. The number of hydrogen-bond acceptors (Lipinski definition) is 5. The second-order valence-corrected chi connectivity index (χ2v) is 9.17. The summed E-state index contributed by atoms with van der Waals surface area (Å²) in [5, 5.41) is 17.2. The van der Waals surface area contributed by atoms with Gasteiger partial charge in [-0.2, -0.15) is 9.78 Å². The number of carboxylic acids is 1. The number of halogens is 1. The van der Waals surface area contributed by atoms with Crippen molar-refractivity contribution < 1.29 is 19.4 Å². The Kier molecular flexibility index (Phi) is 8.05. The van der Waals surface area contributed by atoms with Gasteiger partial charge in [0.2, 0.25) is 0 Å². The highest BCUT2D eigenvalue weighted by molar-refractivity contribution is 6.30. The van der Waals surface area contributed by atoms with Gasteiger partial charge in [0.25, 0.3) is 0 Å². The van der Waals surface area contributed by atoms with Crippen LogP contribution in [0.15, 0.2) is 60.8 Å². The molecule has 2 aromatic carbocycles. The molecule has 1 fully saturated rings. The van der Waals surface area contributed by atoms with E-state index in [2.05, 4.69) is 22.5 Å². The zero-order valence-electron chi connectivity index (χ0n) is 19.6. The number of carbonyl (C=O) groups is 2. The molecule has 0 bridgehead atoms. The minimum atomic E-state index is -1.15. The Morgan fingerprint density at radius 1 is 1.11 bits per heavy atom. The van der Waals surface area contributed by atoms with Gasteiger partial charge in [-0.05, 0) is 80.1 Å². The Morgan fingerprint density at radius 3 is 2.43 bits per heavy atom. The monoisotopic (exact) mass is 496 g/mol. The first-order chi connectivity index (χ1) is 16.9. The average molecular weight is 497 g/mol. The van der Waals surface area contributed by atoms with Crippen molar-refractivity contribution in [1.82, 2.24) is 20.0 Å². The lowest BCUT2D eigenvalue weighted by molar-refractivity contribution is 0.0690. The molecule has 1 aliphatic carbocycles. The molecule has 0 saturated heterocycles. The number of carbonyl (C=O) groups excluding carboxylic acids is 1. The van der Waals surface area contributed by atoms with Crippen LogP contribution >= 0.6 is 11.6 Å². The molecule has 184 valence electrons. The largest absolute Gasteiger partial charge is 0.476 e. The van der Waals surface area contributed by atoms with Gasteiger partial charge in [-0.15, -0.1) is 0 Å². The molecule has 0 spiro atoms. The summed E-state index contributed by atoms with van der Waals surface area (Å²) in [5.41, 5.74) is 1.04. The summed E-state index contributed by atoms with van der Waals surface area (Å²) in [6.45, 7) is 3.86. The van der Waals surface area contributed by atoms with Crippen LogP contribution < -0.4 is 10.1 Å². The van der Waals surface area contributed by atoms with E-state index in [0.717, 1.165) is 42.0 Å². The fraction of sp³-hybridized carbons (Fsp3) is 0.346. The highest BCUT2D eigenvalue weighted by Gasteiger charge is 2.28. The van der Waals surface area contributed by atoms with Crippen molar-refractivity contribution in [3.8, 4) is 11.5 Å². The third kappa shape index (κ3) is 6.61. The van der Waals surface area contributed by atoms with Crippen LogP contribution in [-0.2, 0) is 6.54 Å². The topological polar surface area (TPSA) is 96.7 Å². The van der Waals surface area contributed by atoms with Crippen LogP contribution in [-0.4, -0.2) is 50.9 Å². The molecule has 0 aliphatic heterocycles. The molecule has 2 atom stereocenters. The summed E-state index contributed by atoms with van der Waals surface area (Å²) in [6.07, 6.45) is 4.48. The number of benzene rings is 2. The maximum Gasteiger partial charge on any atom is 0.356 e. The first kappa shape index (κ1) is 24.8. The van der Waals surface area contributed by atoms with E-state index in [9.17, 15) is 9.59 Å². The zero-order chi connectivity index (χ0) is 24.8. The van der Waals surface area contributed by atoms with Gasteiger partial charge >= 0.3 is 12.0 Å². The lowest BCUT2D eigenvalue weighted by atomic mass is 10.1. The van der Waals surface area contributed by atoms with Gasteiger partial charge in [0.1, 0.15) is 11.5 Å². The van der Waals surface area contributed by atoms with E-state index in [4.69, 9.17) is 21.4 Å². The molecule has 1 saturated carbocycles. The molecular formula is C26H29ClN4O4. The summed E-state index contributed by atoms with van der Waals surface area (Å²) >= 11 is 5.91. The predicted molar refractivity (Wildman–Crippen MR) is 133 cm³/mol. The van der Waals surface area contributed by atoms with E-state index >= 15 is 0 Å². The molecule has 8 nitrogen and oxygen atoms in total. The lowest BCUT2D eigenvalue weighted by Crippen LogP contribution is -2.38. The average Bonchev–Trinajstić information content (AvgIpc) is 3.53. The number of amides is 1. The van der Waals surface area contributed by atoms with Crippen molar-refractivity contribution >= 4 is 23.6 Å². The quantitative estimate of drug-likeness (QED) is 0.418. The van der Waals surface area contributed by atoms with Crippen LogP contribution in [0, 0.1) is 5.92 Å². The molecule has 0 unspecified atom stereocenters. The van der Waals surface area contributed by atoms with Gasteiger partial charge in [0.05, 0.1) is 0 Å². The van der Waals surface area contributed by atoms with Gasteiger partial charge in [-0.1, -0.05) is 23.7 Å². The molecule has 1 amide bonds. The Labute approximate surface area is 209 Å². The van der Waals surface area contributed by atoms with Gasteiger partial charge in [0, 0.05) is 36.9 Å². The molecule has 9 heteroatoms. The van der Waals surface area contributed by atoms with Crippen molar-refractivity contribution in [2.75, 3.05) is 13.1 Å². The molecule has 2 N–H and O–H groups in total. The van der Waals surface area contributed by atoms with E-state index in [0.29, 0.717) is 30.1 Å². The molecule has 0 radical (unpaired) electrons. The number of nitrogens with zero attached hydrogens (tertiary/aromatic N) is 3. The predicted octanol–water partition coefficient (Wildman–Crippen LogP) is 5.28. The third-order valence-electron chi connectivity index (χ3n) is 6.24. The van der Waals surface area contributed by atoms with Gasteiger partial charge < -0.3 is 20.1 Å². The van der Waals surface area contributed by atoms with Crippen molar-refractivity contribution in [3.63, 3.8) is 0 Å². The van der Waals surface area contributed by atoms with E-state index in [-0.39, 0.29) is 11.7 Å². The van der Waals surface area contributed by atoms with Gasteiger partial charge in [0.15, 0.2) is 5.69 Å². The number of aromatic carboxylic acids is 1. The maximum absolute atomic E-state index is 12.8. The minimum Gasteiger partial charge on any atom is -0.476 e. The Bertz CT molecular complexity index is 1150. The van der Waals surface area contributed by atoms with Gasteiger partial charge in [-0.25, -0.2) is 9.59 Å².